The van der Waals surface area contributed by atoms with E-state index < -0.39 is 21.7 Å². The zero-order chi connectivity index (χ0) is 24.0. The number of hydrogen-bond acceptors (Lipinski definition) is 4. The van der Waals surface area contributed by atoms with Crippen molar-refractivity contribution >= 4 is 44.6 Å². The van der Waals surface area contributed by atoms with E-state index in [-0.39, 0.29) is 17.9 Å². The molecule has 8 heteroatoms. The molecule has 0 saturated carbocycles. The van der Waals surface area contributed by atoms with Crippen LogP contribution in [0.3, 0.4) is 0 Å². The van der Waals surface area contributed by atoms with Crippen molar-refractivity contribution in [2.75, 3.05) is 11.1 Å². The lowest BCUT2D eigenvalue weighted by atomic mass is 9.91. The molecule has 33 heavy (non-hydrogen) atoms. The lowest BCUT2D eigenvalue weighted by Crippen LogP contribution is -2.19. The number of carbonyl (C=O) groups is 1. The summed E-state index contributed by atoms with van der Waals surface area (Å²) in [5.41, 5.74) is 3.24. The van der Waals surface area contributed by atoms with Crippen LogP contribution in [0.2, 0.25) is 10.0 Å². The SMILES string of the molecule is Cc1cc([C@@H](C#N)c2ccc(Cl)cc2)c(Cl)cc1NC(=O)CCS(=O)(=O)Cc1ccccc1. The maximum Gasteiger partial charge on any atom is 0.225 e. The highest BCUT2D eigenvalue weighted by Crippen LogP contribution is 2.34. The van der Waals surface area contributed by atoms with Gasteiger partial charge in [0.1, 0.15) is 0 Å². The van der Waals surface area contributed by atoms with Gasteiger partial charge in [0.05, 0.1) is 23.5 Å². The lowest BCUT2D eigenvalue weighted by Gasteiger charge is -2.16. The number of carbonyl (C=O) groups excluding carboxylic acids is 1. The van der Waals surface area contributed by atoms with Crippen molar-refractivity contribution in [3.05, 3.63) is 99.0 Å². The number of sulfone groups is 1. The number of nitrogens with zero attached hydrogens (tertiary/aromatic N) is 1. The second-order valence-electron chi connectivity index (χ2n) is 7.68. The first-order valence-electron chi connectivity index (χ1n) is 10.2. The molecule has 0 aliphatic rings. The van der Waals surface area contributed by atoms with Gasteiger partial charge < -0.3 is 5.32 Å². The molecule has 0 heterocycles. The molecule has 0 saturated heterocycles. The van der Waals surface area contributed by atoms with Crippen LogP contribution in [0.25, 0.3) is 0 Å². The van der Waals surface area contributed by atoms with E-state index >= 15 is 0 Å². The highest BCUT2D eigenvalue weighted by Gasteiger charge is 2.20. The number of halogens is 2. The molecule has 1 N–H and O–H groups in total. The number of benzene rings is 3. The molecule has 0 aliphatic heterocycles. The fourth-order valence-electron chi connectivity index (χ4n) is 3.40. The lowest BCUT2D eigenvalue weighted by molar-refractivity contribution is -0.115. The van der Waals surface area contributed by atoms with Crippen molar-refractivity contribution in [3.63, 3.8) is 0 Å². The minimum atomic E-state index is -3.43. The molecule has 1 atom stereocenters. The Bertz CT molecular complexity index is 1290. The van der Waals surface area contributed by atoms with Crippen molar-refractivity contribution in [2.45, 2.75) is 25.0 Å². The Morgan fingerprint density at radius 1 is 1.06 bits per heavy atom. The van der Waals surface area contributed by atoms with Gasteiger partial charge in [-0.1, -0.05) is 71.7 Å². The summed E-state index contributed by atoms with van der Waals surface area (Å²) >= 11 is 12.4. The smallest absolute Gasteiger partial charge is 0.225 e. The Morgan fingerprint density at radius 3 is 2.36 bits per heavy atom. The first kappa shape index (κ1) is 24.8. The number of hydrogen-bond donors (Lipinski definition) is 1. The van der Waals surface area contributed by atoms with Gasteiger partial charge in [-0.05, 0) is 47.4 Å². The fourth-order valence-corrected chi connectivity index (χ4v) is 5.14. The molecule has 170 valence electrons. The summed E-state index contributed by atoms with van der Waals surface area (Å²) in [5.74, 6) is -1.39. The van der Waals surface area contributed by atoms with Crippen LogP contribution >= 0.6 is 23.2 Å². The molecule has 0 unspecified atom stereocenters. The number of rotatable bonds is 8. The minimum Gasteiger partial charge on any atom is -0.326 e. The minimum absolute atomic E-state index is 0.110. The third kappa shape index (κ3) is 6.82. The number of anilines is 1. The van der Waals surface area contributed by atoms with Crippen molar-refractivity contribution in [1.29, 1.82) is 5.26 Å². The Kier molecular flexibility index (Phi) is 8.15. The van der Waals surface area contributed by atoms with Gasteiger partial charge in [-0.15, -0.1) is 0 Å². The van der Waals surface area contributed by atoms with Gasteiger partial charge in [0.15, 0.2) is 9.84 Å². The maximum atomic E-state index is 12.4. The molecule has 1 amide bonds. The third-order valence-corrected chi connectivity index (χ3v) is 7.31. The number of nitriles is 1. The normalized spacial score (nSPS) is 12.1. The molecule has 3 aromatic rings. The molecule has 3 aromatic carbocycles. The van der Waals surface area contributed by atoms with Crippen molar-refractivity contribution in [3.8, 4) is 6.07 Å². The molecule has 0 aliphatic carbocycles. The molecule has 0 radical (unpaired) electrons. The summed E-state index contributed by atoms with van der Waals surface area (Å²) in [7, 11) is -3.43. The van der Waals surface area contributed by atoms with Gasteiger partial charge in [0, 0.05) is 22.2 Å². The van der Waals surface area contributed by atoms with E-state index in [0.717, 1.165) is 5.56 Å². The Morgan fingerprint density at radius 2 is 1.73 bits per heavy atom. The van der Waals surface area contributed by atoms with E-state index in [0.29, 0.717) is 32.4 Å². The monoisotopic (exact) mass is 500 g/mol. The van der Waals surface area contributed by atoms with Gasteiger partial charge in [-0.2, -0.15) is 5.26 Å². The van der Waals surface area contributed by atoms with E-state index in [1.807, 2.05) is 6.07 Å². The van der Waals surface area contributed by atoms with E-state index in [9.17, 15) is 18.5 Å². The van der Waals surface area contributed by atoms with Crippen LogP contribution < -0.4 is 5.32 Å². The van der Waals surface area contributed by atoms with Crippen LogP contribution in [0.5, 0.6) is 0 Å². The Labute approximate surface area is 203 Å². The van der Waals surface area contributed by atoms with Crippen molar-refractivity contribution < 1.29 is 13.2 Å². The van der Waals surface area contributed by atoms with Gasteiger partial charge >= 0.3 is 0 Å². The predicted octanol–water partition coefficient (Wildman–Crippen LogP) is 5.90. The molecule has 0 fully saturated rings. The van der Waals surface area contributed by atoms with Crippen LogP contribution in [0.1, 0.15) is 34.6 Å². The zero-order valence-electron chi connectivity index (χ0n) is 17.9. The van der Waals surface area contributed by atoms with E-state index in [1.54, 1.807) is 67.6 Å². The standard InChI is InChI=1S/C25H22Cl2N2O3S/c1-17-13-21(22(15-28)19-7-9-20(26)10-8-19)23(27)14-24(17)29-25(30)11-12-33(31,32)16-18-5-3-2-4-6-18/h2-10,13-14,22H,11-12,16H2,1H3,(H,29,30)/t22-/m0/s1. The largest absolute Gasteiger partial charge is 0.326 e. The summed E-state index contributed by atoms with van der Waals surface area (Å²) < 4.78 is 24.7. The van der Waals surface area contributed by atoms with Crippen LogP contribution in [0, 0.1) is 18.3 Å². The second-order valence-corrected chi connectivity index (χ2v) is 10.7. The molecule has 0 bridgehead atoms. The zero-order valence-corrected chi connectivity index (χ0v) is 20.2. The molecule has 3 rings (SSSR count). The van der Waals surface area contributed by atoms with E-state index in [1.165, 1.54) is 0 Å². The first-order valence-corrected chi connectivity index (χ1v) is 12.8. The maximum absolute atomic E-state index is 12.4. The molecule has 5 nitrogen and oxygen atoms in total. The summed E-state index contributed by atoms with van der Waals surface area (Å²) in [6.07, 6.45) is -0.167. The van der Waals surface area contributed by atoms with Crippen LogP contribution in [0.4, 0.5) is 5.69 Å². The summed E-state index contributed by atoms with van der Waals surface area (Å²) in [6, 6.07) is 21.4. The van der Waals surface area contributed by atoms with Gasteiger partial charge in [0.2, 0.25) is 5.91 Å². The number of nitrogens with one attached hydrogen (secondary N) is 1. The van der Waals surface area contributed by atoms with Gasteiger partial charge in [0.25, 0.3) is 0 Å². The highest BCUT2D eigenvalue weighted by atomic mass is 35.5. The van der Waals surface area contributed by atoms with Crippen LogP contribution in [-0.4, -0.2) is 20.1 Å². The van der Waals surface area contributed by atoms with E-state index in [4.69, 9.17) is 23.2 Å². The predicted molar refractivity (Wildman–Crippen MR) is 132 cm³/mol. The highest BCUT2D eigenvalue weighted by molar-refractivity contribution is 7.90. The molecule has 0 aromatic heterocycles. The fraction of sp³-hybridized carbons (Fsp3) is 0.200. The molecular formula is C25H22Cl2N2O3S. The molecule has 0 spiro atoms. The quantitative estimate of drug-likeness (QED) is 0.416. The average Bonchev–Trinajstić information content (AvgIpc) is 2.78. The van der Waals surface area contributed by atoms with Crippen molar-refractivity contribution in [1.82, 2.24) is 0 Å². The summed E-state index contributed by atoms with van der Waals surface area (Å²) in [6.45, 7) is 1.79. The third-order valence-electron chi connectivity index (χ3n) is 5.13. The van der Waals surface area contributed by atoms with Crippen LogP contribution in [0.15, 0.2) is 66.7 Å². The molecular weight excluding hydrogens is 479 g/mol. The topological polar surface area (TPSA) is 87.0 Å². The van der Waals surface area contributed by atoms with E-state index in [2.05, 4.69) is 11.4 Å². The second kappa shape index (κ2) is 10.8. The Balaban J connectivity index is 1.69. The number of aryl methyl sites for hydroxylation is 1. The Hall–Kier alpha value is -2.85. The number of amides is 1. The summed E-state index contributed by atoms with van der Waals surface area (Å²) in [5, 5.41) is 13.3. The summed E-state index contributed by atoms with van der Waals surface area (Å²) in [4.78, 5) is 12.4. The first-order chi connectivity index (χ1) is 15.7. The van der Waals surface area contributed by atoms with Crippen LogP contribution in [-0.2, 0) is 20.4 Å². The van der Waals surface area contributed by atoms with Gasteiger partial charge in [-0.25, -0.2) is 8.42 Å². The average molecular weight is 501 g/mol. The van der Waals surface area contributed by atoms with Gasteiger partial charge in [-0.3, -0.25) is 4.79 Å². The van der Waals surface area contributed by atoms with Crippen molar-refractivity contribution in [2.24, 2.45) is 0 Å².